The van der Waals surface area contributed by atoms with Crippen molar-refractivity contribution in [1.29, 1.82) is 0 Å². The number of carboxylic acids is 1. The molecule has 0 aliphatic rings. The number of aromatic nitrogens is 2. The number of aryl methyl sites for hydroxylation is 2. The Hall–Kier alpha value is -1.45. The molecule has 1 aromatic rings. The highest BCUT2D eigenvalue weighted by Crippen LogP contribution is 2.15. The van der Waals surface area contributed by atoms with Gasteiger partial charge in [0.2, 0.25) is 0 Å². The molecule has 0 bridgehead atoms. The molecule has 1 N–H and O–H groups in total. The van der Waals surface area contributed by atoms with Gasteiger partial charge in [-0.1, -0.05) is 0 Å². The maximum Gasteiger partial charge on any atom is 0.318 e. The molecule has 1 aromatic heterocycles. The highest BCUT2D eigenvalue weighted by atomic mass is 32.2. The number of imidazole rings is 1. The van der Waals surface area contributed by atoms with E-state index in [-0.39, 0.29) is 18.2 Å². The smallest absolute Gasteiger partial charge is 0.318 e. The number of nitrogens with zero attached hydrogens (tertiary/aromatic N) is 3. The molecule has 0 aliphatic carbocycles. The molecule has 0 spiro atoms. The average molecular weight is 305 g/mol. The summed E-state index contributed by atoms with van der Waals surface area (Å²) in [6.45, 7) is 3.60. The van der Waals surface area contributed by atoms with Gasteiger partial charge in [0, 0.05) is 26.4 Å². The largest absolute Gasteiger partial charge is 0.480 e. The molecule has 9 heteroatoms. The lowest BCUT2D eigenvalue weighted by Gasteiger charge is -2.18. The Morgan fingerprint density at radius 1 is 1.55 bits per heavy atom. The summed E-state index contributed by atoms with van der Waals surface area (Å²) in [5.41, 5.74) is 0. The van der Waals surface area contributed by atoms with E-state index in [9.17, 15) is 13.2 Å². The first-order valence-corrected chi connectivity index (χ1v) is 7.51. The van der Waals surface area contributed by atoms with E-state index in [1.54, 1.807) is 11.5 Å². The van der Waals surface area contributed by atoms with E-state index in [1.165, 1.54) is 13.3 Å². The van der Waals surface area contributed by atoms with Gasteiger partial charge in [0.05, 0.1) is 6.61 Å². The highest BCUT2D eigenvalue weighted by Gasteiger charge is 2.29. The second-order valence-electron chi connectivity index (χ2n) is 4.14. The van der Waals surface area contributed by atoms with Crippen molar-refractivity contribution in [3.05, 3.63) is 12.0 Å². The predicted molar refractivity (Wildman–Crippen MR) is 70.9 cm³/mol. The Kier molecular flexibility index (Phi) is 5.66. The fraction of sp³-hybridized carbons (Fsp3) is 0.636. The standard InChI is InChI=1S/C11H19N3O5S/c1-4-13-7-10(12-9(13)2)20(17,18)14(5-6-19-3)8-11(15)16/h7H,4-6,8H2,1-3H3,(H,15,16). The summed E-state index contributed by atoms with van der Waals surface area (Å²) < 4.78 is 32.1. The van der Waals surface area contributed by atoms with Crippen LogP contribution in [0.15, 0.2) is 11.2 Å². The fourth-order valence-corrected chi connectivity index (χ4v) is 3.05. The summed E-state index contributed by atoms with van der Waals surface area (Å²) in [7, 11) is -2.52. The minimum atomic E-state index is -3.94. The number of ether oxygens (including phenoxy) is 1. The van der Waals surface area contributed by atoms with Gasteiger partial charge >= 0.3 is 5.97 Å². The molecular formula is C11H19N3O5S. The first-order valence-electron chi connectivity index (χ1n) is 6.07. The van der Waals surface area contributed by atoms with E-state index in [0.717, 1.165) is 4.31 Å². The van der Waals surface area contributed by atoms with Crippen molar-refractivity contribution in [2.24, 2.45) is 0 Å². The Morgan fingerprint density at radius 3 is 2.65 bits per heavy atom. The summed E-state index contributed by atoms with van der Waals surface area (Å²) in [4.78, 5) is 14.8. The van der Waals surface area contributed by atoms with Crippen LogP contribution in [-0.4, -0.2) is 60.2 Å². The lowest BCUT2D eigenvalue weighted by atomic mass is 10.6. The second-order valence-corrected chi connectivity index (χ2v) is 6.02. The lowest BCUT2D eigenvalue weighted by molar-refractivity contribution is -0.137. The van der Waals surface area contributed by atoms with E-state index in [4.69, 9.17) is 9.84 Å². The number of rotatable bonds is 8. The SMILES string of the molecule is CCn1cc(S(=O)(=O)N(CCOC)CC(=O)O)nc1C. The molecule has 0 saturated carbocycles. The highest BCUT2D eigenvalue weighted by molar-refractivity contribution is 7.89. The summed E-state index contributed by atoms with van der Waals surface area (Å²) in [6.07, 6.45) is 1.41. The van der Waals surface area contributed by atoms with Crippen LogP contribution in [0.5, 0.6) is 0 Å². The monoisotopic (exact) mass is 305 g/mol. The number of sulfonamides is 1. The first kappa shape index (κ1) is 16.6. The van der Waals surface area contributed by atoms with E-state index >= 15 is 0 Å². The zero-order valence-corrected chi connectivity index (χ0v) is 12.6. The van der Waals surface area contributed by atoms with Gasteiger partial charge in [0.25, 0.3) is 10.0 Å². The molecule has 0 unspecified atom stereocenters. The first-order chi connectivity index (χ1) is 9.32. The molecular weight excluding hydrogens is 286 g/mol. The molecule has 114 valence electrons. The molecule has 0 aliphatic heterocycles. The van der Waals surface area contributed by atoms with Gasteiger partial charge in [-0.15, -0.1) is 0 Å². The number of carbonyl (C=O) groups is 1. The summed E-state index contributed by atoms with van der Waals surface area (Å²) in [5.74, 6) is -0.663. The molecule has 0 atom stereocenters. The Bertz CT molecular complexity index is 567. The van der Waals surface area contributed by atoms with Crippen molar-refractivity contribution >= 4 is 16.0 Å². The third kappa shape index (κ3) is 3.78. The number of hydrogen-bond donors (Lipinski definition) is 1. The summed E-state index contributed by atoms with van der Waals surface area (Å²) >= 11 is 0. The number of methoxy groups -OCH3 is 1. The second kappa shape index (κ2) is 6.82. The molecule has 20 heavy (non-hydrogen) atoms. The van der Waals surface area contributed by atoms with Gasteiger partial charge in [0.1, 0.15) is 12.4 Å². The van der Waals surface area contributed by atoms with Crippen LogP contribution in [0.3, 0.4) is 0 Å². The van der Waals surface area contributed by atoms with Crippen molar-refractivity contribution in [3.8, 4) is 0 Å². The van der Waals surface area contributed by atoms with Gasteiger partial charge in [0.15, 0.2) is 5.03 Å². The lowest BCUT2D eigenvalue weighted by Crippen LogP contribution is -2.38. The van der Waals surface area contributed by atoms with Crippen molar-refractivity contribution in [2.45, 2.75) is 25.4 Å². The Labute approximate surface area is 118 Å². The van der Waals surface area contributed by atoms with Gasteiger partial charge in [-0.3, -0.25) is 4.79 Å². The van der Waals surface area contributed by atoms with Crippen LogP contribution in [0.4, 0.5) is 0 Å². The molecule has 0 amide bonds. The van der Waals surface area contributed by atoms with Gasteiger partial charge < -0.3 is 14.4 Å². The summed E-state index contributed by atoms with van der Waals surface area (Å²) in [6, 6.07) is 0. The molecule has 0 saturated heterocycles. The molecule has 8 nitrogen and oxygen atoms in total. The van der Waals surface area contributed by atoms with E-state index in [1.807, 2.05) is 6.92 Å². The topological polar surface area (TPSA) is 102 Å². The zero-order chi connectivity index (χ0) is 15.3. The van der Waals surface area contributed by atoms with Crippen molar-refractivity contribution in [2.75, 3.05) is 26.8 Å². The van der Waals surface area contributed by atoms with Crippen LogP contribution in [0.2, 0.25) is 0 Å². The van der Waals surface area contributed by atoms with E-state index in [0.29, 0.717) is 12.4 Å². The van der Waals surface area contributed by atoms with E-state index in [2.05, 4.69) is 4.98 Å². The van der Waals surface area contributed by atoms with Crippen LogP contribution in [-0.2, 0) is 26.1 Å². The van der Waals surface area contributed by atoms with Crippen molar-refractivity contribution in [3.63, 3.8) is 0 Å². The van der Waals surface area contributed by atoms with Crippen LogP contribution in [0.1, 0.15) is 12.7 Å². The molecule has 1 rings (SSSR count). The van der Waals surface area contributed by atoms with Crippen LogP contribution in [0, 0.1) is 6.92 Å². The van der Waals surface area contributed by atoms with Crippen LogP contribution >= 0.6 is 0 Å². The normalized spacial score (nSPS) is 12.0. The number of carboxylic acid groups (broad SMARTS) is 1. The zero-order valence-electron chi connectivity index (χ0n) is 11.7. The van der Waals surface area contributed by atoms with Crippen LogP contribution in [0.25, 0.3) is 0 Å². The average Bonchev–Trinajstić information content (AvgIpc) is 2.75. The summed E-state index contributed by atoms with van der Waals surface area (Å²) in [5, 5.41) is 8.68. The Balaban J connectivity index is 3.10. The molecule has 0 radical (unpaired) electrons. The van der Waals surface area contributed by atoms with Gasteiger partial charge in [-0.25, -0.2) is 13.4 Å². The minimum Gasteiger partial charge on any atom is -0.480 e. The predicted octanol–water partition coefficient (Wildman–Crippen LogP) is -0.0669. The van der Waals surface area contributed by atoms with Crippen molar-refractivity contribution in [1.82, 2.24) is 13.9 Å². The number of hydrogen-bond acceptors (Lipinski definition) is 5. The third-order valence-corrected chi connectivity index (χ3v) is 4.47. The van der Waals surface area contributed by atoms with Gasteiger partial charge in [-0.05, 0) is 13.8 Å². The van der Waals surface area contributed by atoms with Crippen molar-refractivity contribution < 1.29 is 23.1 Å². The van der Waals surface area contributed by atoms with E-state index < -0.39 is 22.5 Å². The number of aliphatic carboxylic acids is 1. The maximum absolute atomic E-state index is 12.4. The minimum absolute atomic E-state index is 0.0385. The maximum atomic E-state index is 12.4. The van der Waals surface area contributed by atoms with Crippen LogP contribution < -0.4 is 0 Å². The third-order valence-electron chi connectivity index (χ3n) is 2.76. The molecule has 0 aromatic carbocycles. The fourth-order valence-electron chi connectivity index (χ4n) is 1.68. The Morgan fingerprint density at radius 2 is 2.20 bits per heavy atom. The quantitative estimate of drug-likeness (QED) is 0.721. The van der Waals surface area contributed by atoms with Gasteiger partial charge in [-0.2, -0.15) is 4.31 Å². The molecule has 1 heterocycles. The molecule has 0 fully saturated rings.